The zero-order valence-corrected chi connectivity index (χ0v) is 10.7. The van der Waals surface area contributed by atoms with E-state index in [9.17, 15) is 14.4 Å². The SMILES string of the molecule is O=C(CCN1C(=O)[C@H]2CC=CC[C@H]2C1=O)NCCO. The summed E-state index contributed by atoms with van der Waals surface area (Å²) in [5, 5.41) is 11.1. The van der Waals surface area contributed by atoms with Crippen LogP contribution in [0.1, 0.15) is 19.3 Å². The summed E-state index contributed by atoms with van der Waals surface area (Å²) in [5.41, 5.74) is 0. The number of likely N-dealkylation sites (tertiary alicyclic amines) is 1. The normalized spacial score (nSPS) is 25.6. The molecule has 19 heavy (non-hydrogen) atoms. The first kappa shape index (κ1) is 13.7. The molecule has 1 heterocycles. The van der Waals surface area contributed by atoms with Crippen molar-refractivity contribution in [2.45, 2.75) is 19.3 Å². The van der Waals surface area contributed by atoms with E-state index < -0.39 is 0 Å². The number of carbonyl (C=O) groups excluding carboxylic acids is 3. The van der Waals surface area contributed by atoms with Gasteiger partial charge < -0.3 is 10.4 Å². The predicted octanol–water partition coefficient (Wildman–Crippen LogP) is -0.564. The lowest BCUT2D eigenvalue weighted by molar-refractivity contribution is -0.140. The molecule has 0 spiro atoms. The highest BCUT2D eigenvalue weighted by Gasteiger charge is 2.46. The summed E-state index contributed by atoms with van der Waals surface area (Å²) < 4.78 is 0. The van der Waals surface area contributed by atoms with Crippen molar-refractivity contribution >= 4 is 17.7 Å². The van der Waals surface area contributed by atoms with E-state index in [-0.39, 0.29) is 55.7 Å². The van der Waals surface area contributed by atoms with Crippen LogP contribution < -0.4 is 5.32 Å². The molecule has 0 aromatic carbocycles. The van der Waals surface area contributed by atoms with Gasteiger partial charge in [0.2, 0.25) is 17.7 Å². The molecule has 0 aromatic heterocycles. The summed E-state index contributed by atoms with van der Waals surface area (Å²) in [6.45, 7) is 0.195. The molecule has 0 unspecified atom stereocenters. The molecule has 0 bridgehead atoms. The summed E-state index contributed by atoms with van der Waals surface area (Å²) in [6, 6.07) is 0. The minimum atomic E-state index is -0.261. The third-order valence-corrected chi connectivity index (χ3v) is 3.60. The van der Waals surface area contributed by atoms with Crippen LogP contribution in [0.3, 0.4) is 0 Å². The Morgan fingerprint density at radius 3 is 2.37 bits per heavy atom. The van der Waals surface area contributed by atoms with E-state index in [0.717, 1.165) is 0 Å². The third kappa shape index (κ3) is 2.84. The van der Waals surface area contributed by atoms with Crippen molar-refractivity contribution in [3.8, 4) is 0 Å². The van der Waals surface area contributed by atoms with Gasteiger partial charge in [-0.15, -0.1) is 0 Å². The zero-order valence-electron chi connectivity index (χ0n) is 10.7. The summed E-state index contributed by atoms with van der Waals surface area (Å²) in [7, 11) is 0. The first-order valence-corrected chi connectivity index (χ1v) is 6.53. The van der Waals surface area contributed by atoms with Crippen molar-refractivity contribution in [3.05, 3.63) is 12.2 Å². The maximum Gasteiger partial charge on any atom is 0.233 e. The van der Waals surface area contributed by atoms with Crippen LogP contribution in [0.2, 0.25) is 0 Å². The minimum Gasteiger partial charge on any atom is -0.395 e. The minimum absolute atomic E-state index is 0.0876. The van der Waals surface area contributed by atoms with Crippen molar-refractivity contribution in [1.29, 1.82) is 0 Å². The Morgan fingerprint density at radius 1 is 1.26 bits per heavy atom. The average molecular weight is 266 g/mol. The Bertz CT molecular complexity index is 393. The molecular formula is C13H18N2O4. The van der Waals surface area contributed by atoms with Gasteiger partial charge in [0, 0.05) is 19.5 Å². The van der Waals surface area contributed by atoms with E-state index in [4.69, 9.17) is 5.11 Å². The number of aliphatic hydroxyl groups is 1. The van der Waals surface area contributed by atoms with E-state index in [1.54, 1.807) is 0 Å². The molecular weight excluding hydrogens is 248 g/mol. The maximum absolute atomic E-state index is 12.1. The molecule has 0 aromatic rings. The number of nitrogens with zero attached hydrogens (tertiary/aromatic N) is 1. The monoisotopic (exact) mass is 266 g/mol. The topological polar surface area (TPSA) is 86.7 Å². The number of amides is 3. The molecule has 2 aliphatic rings. The van der Waals surface area contributed by atoms with Gasteiger partial charge in [-0.2, -0.15) is 0 Å². The number of imide groups is 1. The Kier molecular flexibility index (Phi) is 4.31. The number of allylic oxidation sites excluding steroid dienone is 2. The summed E-state index contributed by atoms with van der Waals surface area (Å²) >= 11 is 0. The quantitative estimate of drug-likeness (QED) is 0.515. The van der Waals surface area contributed by atoms with Crippen LogP contribution in [0.4, 0.5) is 0 Å². The van der Waals surface area contributed by atoms with Gasteiger partial charge in [0.05, 0.1) is 18.4 Å². The molecule has 1 aliphatic carbocycles. The molecule has 104 valence electrons. The number of hydrogen-bond acceptors (Lipinski definition) is 4. The van der Waals surface area contributed by atoms with Gasteiger partial charge in [0.1, 0.15) is 0 Å². The van der Waals surface area contributed by atoms with E-state index in [1.165, 1.54) is 4.90 Å². The fourth-order valence-corrected chi connectivity index (χ4v) is 2.59. The molecule has 1 fully saturated rings. The number of carbonyl (C=O) groups is 3. The molecule has 0 radical (unpaired) electrons. The van der Waals surface area contributed by atoms with E-state index >= 15 is 0 Å². The molecule has 6 nitrogen and oxygen atoms in total. The summed E-state index contributed by atoms with van der Waals surface area (Å²) in [6.07, 6.45) is 5.18. The van der Waals surface area contributed by atoms with Crippen LogP contribution >= 0.6 is 0 Å². The van der Waals surface area contributed by atoms with Crippen LogP contribution in [-0.2, 0) is 14.4 Å². The van der Waals surface area contributed by atoms with Gasteiger partial charge >= 0.3 is 0 Å². The van der Waals surface area contributed by atoms with Crippen molar-refractivity contribution in [1.82, 2.24) is 10.2 Å². The molecule has 0 saturated carbocycles. The Labute approximate surface area is 111 Å². The highest BCUT2D eigenvalue weighted by molar-refractivity contribution is 6.05. The highest BCUT2D eigenvalue weighted by Crippen LogP contribution is 2.34. The molecule has 2 atom stereocenters. The van der Waals surface area contributed by atoms with E-state index in [2.05, 4.69) is 5.32 Å². The molecule has 1 aliphatic heterocycles. The predicted molar refractivity (Wildman–Crippen MR) is 66.8 cm³/mol. The maximum atomic E-state index is 12.1. The van der Waals surface area contributed by atoms with Crippen molar-refractivity contribution in [2.24, 2.45) is 11.8 Å². The second-order valence-electron chi connectivity index (χ2n) is 4.81. The number of fused-ring (bicyclic) bond motifs is 1. The Balaban J connectivity index is 1.89. The van der Waals surface area contributed by atoms with Gasteiger partial charge in [-0.3, -0.25) is 19.3 Å². The summed E-state index contributed by atoms with van der Waals surface area (Å²) in [4.78, 5) is 36.8. The first-order valence-electron chi connectivity index (χ1n) is 6.53. The highest BCUT2D eigenvalue weighted by atomic mass is 16.3. The van der Waals surface area contributed by atoms with Crippen LogP contribution in [-0.4, -0.2) is 47.4 Å². The number of aliphatic hydroxyl groups excluding tert-OH is 1. The van der Waals surface area contributed by atoms with Crippen LogP contribution in [0.5, 0.6) is 0 Å². The van der Waals surface area contributed by atoms with Crippen molar-refractivity contribution in [2.75, 3.05) is 19.7 Å². The molecule has 3 amide bonds. The average Bonchev–Trinajstić information content (AvgIpc) is 2.67. The van der Waals surface area contributed by atoms with E-state index in [0.29, 0.717) is 12.8 Å². The van der Waals surface area contributed by atoms with Gasteiger partial charge in [0.15, 0.2) is 0 Å². The van der Waals surface area contributed by atoms with Crippen LogP contribution in [0.25, 0.3) is 0 Å². The zero-order chi connectivity index (χ0) is 13.8. The Morgan fingerprint density at radius 2 is 1.84 bits per heavy atom. The lowest BCUT2D eigenvalue weighted by Gasteiger charge is -2.14. The van der Waals surface area contributed by atoms with Crippen LogP contribution in [0.15, 0.2) is 12.2 Å². The van der Waals surface area contributed by atoms with Gasteiger partial charge in [-0.1, -0.05) is 12.2 Å². The van der Waals surface area contributed by atoms with Gasteiger partial charge in [-0.25, -0.2) is 0 Å². The van der Waals surface area contributed by atoms with Crippen molar-refractivity contribution in [3.63, 3.8) is 0 Å². The second-order valence-corrected chi connectivity index (χ2v) is 4.81. The molecule has 6 heteroatoms. The molecule has 2 rings (SSSR count). The van der Waals surface area contributed by atoms with E-state index in [1.807, 2.05) is 12.2 Å². The van der Waals surface area contributed by atoms with Gasteiger partial charge in [0.25, 0.3) is 0 Å². The first-order chi connectivity index (χ1) is 9.15. The number of nitrogens with one attached hydrogen (secondary N) is 1. The van der Waals surface area contributed by atoms with Crippen molar-refractivity contribution < 1.29 is 19.5 Å². The lowest BCUT2D eigenvalue weighted by atomic mass is 9.85. The fraction of sp³-hybridized carbons (Fsp3) is 0.615. The number of rotatable bonds is 5. The standard InChI is InChI=1S/C13H18N2O4/c16-8-6-14-11(17)5-7-15-12(18)9-3-1-2-4-10(9)13(15)19/h1-2,9-10,16H,3-8H2,(H,14,17)/t9-,10+. The smallest absolute Gasteiger partial charge is 0.233 e. The summed E-state index contributed by atoms with van der Waals surface area (Å²) in [5.74, 6) is -1.05. The molecule has 1 saturated heterocycles. The third-order valence-electron chi connectivity index (χ3n) is 3.60. The number of hydrogen-bond donors (Lipinski definition) is 2. The molecule has 2 N–H and O–H groups in total. The van der Waals surface area contributed by atoms with Crippen LogP contribution in [0, 0.1) is 11.8 Å². The Hall–Kier alpha value is -1.69. The largest absolute Gasteiger partial charge is 0.395 e. The fourth-order valence-electron chi connectivity index (χ4n) is 2.59. The second kappa shape index (κ2) is 5.97. The lowest BCUT2D eigenvalue weighted by Crippen LogP contribution is -2.36. The van der Waals surface area contributed by atoms with Gasteiger partial charge in [-0.05, 0) is 12.8 Å².